The molecule has 10 nitrogen and oxygen atoms in total. The smallest absolute Gasteiger partial charge is 0.477 e. The standard InChI is InChI=1S/C15H18ClF3N4O6S2/c1-8-9(16)7-10-11(22-14(29-3)13(21-10)28-2)12(8)23(30(4,24)25)6-5-20-31(26,27)15(17,18)19/h7,20H,5-6H2,1-4H3. The zero-order valence-electron chi connectivity index (χ0n) is 16.6. The van der Waals surface area contributed by atoms with Crippen LogP contribution in [0.2, 0.25) is 5.02 Å². The number of hydrogen-bond acceptors (Lipinski definition) is 8. The minimum absolute atomic E-state index is 0.00338. The lowest BCUT2D eigenvalue weighted by Gasteiger charge is -2.26. The Labute approximate surface area is 181 Å². The number of methoxy groups -OCH3 is 2. The molecule has 0 radical (unpaired) electrons. The van der Waals surface area contributed by atoms with Crippen LogP contribution >= 0.6 is 11.6 Å². The van der Waals surface area contributed by atoms with E-state index in [-0.39, 0.29) is 39.1 Å². The van der Waals surface area contributed by atoms with Gasteiger partial charge in [0.05, 0.1) is 31.7 Å². The molecule has 1 aromatic carbocycles. The van der Waals surface area contributed by atoms with Gasteiger partial charge in [0.1, 0.15) is 5.52 Å². The van der Waals surface area contributed by atoms with E-state index in [4.69, 9.17) is 21.1 Å². The van der Waals surface area contributed by atoms with Gasteiger partial charge in [0.2, 0.25) is 10.0 Å². The SMILES string of the molecule is COc1nc2cc(Cl)c(C)c(N(CCNS(=O)(=O)C(F)(F)F)S(C)(=O)=O)c2nc1OC. The van der Waals surface area contributed by atoms with Gasteiger partial charge in [-0.15, -0.1) is 0 Å². The molecule has 1 heterocycles. The van der Waals surface area contributed by atoms with E-state index in [0.29, 0.717) is 4.31 Å². The van der Waals surface area contributed by atoms with Crippen molar-refractivity contribution in [3.63, 3.8) is 0 Å². The Balaban J connectivity index is 2.64. The Bertz CT molecular complexity index is 1210. The Morgan fingerprint density at radius 2 is 1.68 bits per heavy atom. The molecule has 0 bridgehead atoms. The number of hydrogen-bond donors (Lipinski definition) is 1. The highest BCUT2D eigenvalue weighted by Crippen LogP contribution is 2.38. The summed E-state index contributed by atoms with van der Waals surface area (Å²) >= 11 is 6.20. The number of fused-ring (bicyclic) bond motifs is 1. The van der Waals surface area contributed by atoms with Crippen molar-refractivity contribution in [1.29, 1.82) is 0 Å². The number of ether oxygens (including phenoxy) is 2. The van der Waals surface area contributed by atoms with Crippen LogP contribution in [0.4, 0.5) is 18.9 Å². The van der Waals surface area contributed by atoms with Crippen molar-refractivity contribution in [3.05, 3.63) is 16.7 Å². The highest BCUT2D eigenvalue weighted by atomic mass is 35.5. The van der Waals surface area contributed by atoms with E-state index in [1.807, 2.05) is 0 Å². The van der Waals surface area contributed by atoms with Crippen LogP contribution in [0.5, 0.6) is 11.8 Å². The van der Waals surface area contributed by atoms with E-state index in [9.17, 15) is 30.0 Å². The second kappa shape index (κ2) is 8.80. The van der Waals surface area contributed by atoms with Crippen LogP contribution in [-0.2, 0) is 20.0 Å². The molecule has 174 valence electrons. The maximum Gasteiger partial charge on any atom is 0.511 e. The van der Waals surface area contributed by atoms with E-state index in [2.05, 4.69) is 9.97 Å². The number of nitrogens with one attached hydrogen (secondary N) is 1. The summed E-state index contributed by atoms with van der Waals surface area (Å²) in [7, 11) is -7.19. The molecule has 0 aliphatic rings. The molecule has 0 saturated carbocycles. The molecule has 16 heteroatoms. The summed E-state index contributed by atoms with van der Waals surface area (Å²) < 4.78 is 97.2. The molecule has 2 aromatic rings. The number of benzene rings is 1. The van der Waals surface area contributed by atoms with Crippen molar-refractivity contribution in [2.75, 3.05) is 37.9 Å². The average Bonchev–Trinajstić information content (AvgIpc) is 2.64. The summed E-state index contributed by atoms with van der Waals surface area (Å²) in [5.74, 6) is -0.0890. The fourth-order valence-corrected chi connectivity index (χ4v) is 4.28. The van der Waals surface area contributed by atoms with Gasteiger partial charge in [-0.05, 0) is 18.6 Å². The minimum atomic E-state index is -5.66. The predicted octanol–water partition coefficient (Wildman–Crippen LogP) is 1.81. The van der Waals surface area contributed by atoms with E-state index < -0.39 is 38.6 Å². The zero-order valence-corrected chi connectivity index (χ0v) is 19.0. The van der Waals surface area contributed by atoms with Crippen LogP contribution in [0, 0.1) is 6.92 Å². The molecule has 0 aliphatic heterocycles. The summed E-state index contributed by atoms with van der Waals surface area (Å²) in [6.07, 6.45) is 0.797. The van der Waals surface area contributed by atoms with Crippen molar-refractivity contribution in [3.8, 4) is 11.8 Å². The summed E-state index contributed by atoms with van der Waals surface area (Å²) in [6, 6.07) is 1.40. The number of halogens is 4. The molecule has 1 N–H and O–H groups in total. The molecular weight excluding hydrogens is 489 g/mol. The third kappa shape index (κ3) is 5.22. The quantitative estimate of drug-likeness (QED) is 0.574. The van der Waals surface area contributed by atoms with Crippen LogP contribution < -0.4 is 18.5 Å². The van der Waals surface area contributed by atoms with Crippen molar-refractivity contribution >= 4 is 48.4 Å². The van der Waals surface area contributed by atoms with Gasteiger partial charge in [-0.25, -0.2) is 31.5 Å². The Morgan fingerprint density at radius 3 is 2.16 bits per heavy atom. The largest absolute Gasteiger partial charge is 0.511 e. The lowest BCUT2D eigenvalue weighted by molar-refractivity contribution is -0.0447. The topological polar surface area (TPSA) is 128 Å². The molecule has 0 saturated heterocycles. The molecule has 0 aliphatic carbocycles. The first-order valence-corrected chi connectivity index (χ1v) is 12.0. The average molecular weight is 507 g/mol. The van der Waals surface area contributed by atoms with Gasteiger partial charge >= 0.3 is 15.5 Å². The molecule has 0 atom stereocenters. The molecule has 0 spiro atoms. The summed E-state index contributed by atoms with van der Waals surface area (Å²) in [6.45, 7) is -0.0862. The second-order valence-electron chi connectivity index (χ2n) is 6.12. The van der Waals surface area contributed by atoms with Crippen molar-refractivity contribution < 1.29 is 39.5 Å². The Kier molecular flexibility index (Phi) is 7.14. The van der Waals surface area contributed by atoms with E-state index in [1.165, 1.54) is 31.9 Å². The van der Waals surface area contributed by atoms with Crippen molar-refractivity contribution in [1.82, 2.24) is 14.7 Å². The normalized spacial score (nSPS) is 12.8. The molecule has 2 rings (SSSR count). The number of alkyl halides is 3. The fourth-order valence-electron chi connectivity index (χ4n) is 2.59. The van der Waals surface area contributed by atoms with Crippen LogP contribution in [0.15, 0.2) is 6.07 Å². The van der Waals surface area contributed by atoms with Crippen LogP contribution in [0.25, 0.3) is 11.0 Å². The number of sulfonamides is 2. The fraction of sp³-hybridized carbons (Fsp3) is 0.467. The van der Waals surface area contributed by atoms with Crippen LogP contribution in [-0.4, -0.2) is 65.9 Å². The van der Waals surface area contributed by atoms with Crippen molar-refractivity contribution in [2.45, 2.75) is 12.4 Å². The van der Waals surface area contributed by atoms with Gasteiger partial charge in [0.25, 0.3) is 11.8 Å². The van der Waals surface area contributed by atoms with Gasteiger partial charge in [0.15, 0.2) is 0 Å². The lowest BCUT2D eigenvalue weighted by Crippen LogP contribution is -2.42. The highest BCUT2D eigenvalue weighted by Gasteiger charge is 2.45. The third-order valence-electron chi connectivity index (χ3n) is 4.01. The maximum absolute atomic E-state index is 12.6. The van der Waals surface area contributed by atoms with E-state index >= 15 is 0 Å². The van der Waals surface area contributed by atoms with Crippen LogP contribution in [0.3, 0.4) is 0 Å². The number of aromatic nitrogens is 2. The molecule has 0 amide bonds. The molecule has 0 unspecified atom stereocenters. The maximum atomic E-state index is 12.6. The van der Waals surface area contributed by atoms with E-state index in [1.54, 1.807) is 0 Å². The Morgan fingerprint density at radius 1 is 1.13 bits per heavy atom. The van der Waals surface area contributed by atoms with Gasteiger partial charge in [-0.1, -0.05) is 11.6 Å². The molecule has 31 heavy (non-hydrogen) atoms. The lowest BCUT2D eigenvalue weighted by atomic mass is 10.1. The van der Waals surface area contributed by atoms with Gasteiger partial charge < -0.3 is 9.47 Å². The summed E-state index contributed by atoms with van der Waals surface area (Å²) in [5, 5.41) is 0.0912. The zero-order chi connectivity index (χ0) is 23.8. The molecule has 1 aromatic heterocycles. The minimum Gasteiger partial charge on any atom is -0.477 e. The first-order valence-electron chi connectivity index (χ1n) is 8.26. The predicted molar refractivity (Wildman–Crippen MR) is 108 cm³/mol. The van der Waals surface area contributed by atoms with Crippen molar-refractivity contribution in [2.24, 2.45) is 0 Å². The summed E-state index contributed by atoms with van der Waals surface area (Å²) in [4.78, 5) is 8.37. The number of rotatable bonds is 8. The highest BCUT2D eigenvalue weighted by molar-refractivity contribution is 7.92. The first-order chi connectivity index (χ1) is 14.1. The summed E-state index contributed by atoms with van der Waals surface area (Å²) in [5.41, 5.74) is -5.29. The monoisotopic (exact) mass is 506 g/mol. The van der Waals surface area contributed by atoms with Crippen LogP contribution in [0.1, 0.15) is 5.56 Å². The second-order valence-corrected chi connectivity index (χ2v) is 10.2. The van der Waals surface area contributed by atoms with Gasteiger partial charge in [0, 0.05) is 18.1 Å². The number of anilines is 1. The molecular formula is C15H18ClF3N4O6S2. The first kappa shape index (κ1) is 25.2. The Hall–Kier alpha value is -2.10. The number of nitrogens with zero attached hydrogens (tertiary/aromatic N) is 3. The van der Waals surface area contributed by atoms with E-state index in [0.717, 1.165) is 6.26 Å². The molecule has 0 fully saturated rings. The van der Waals surface area contributed by atoms with Gasteiger partial charge in [-0.3, -0.25) is 4.31 Å². The third-order valence-corrected chi connectivity index (χ3v) is 6.76. The van der Waals surface area contributed by atoms with Gasteiger partial charge in [-0.2, -0.15) is 13.2 Å².